The number of para-hydroxylation sites is 1. The molecule has 0 saturated heterocycles. The molecule has 3 aromatic rings. The van der Waals surface area contributed by atoms with Crippen LogP contribution in [0.15, 0.2) is 53.0 Å². The number of H-pyrrole nitrogens is 1. The summed E-state index contributed by atoms with van der Waals surface area (Å²) in [4.78, 5) is 12.4. The van der Waals surface area contributed by atoms with Crippen LogP contribution in [0.5, 0.6) is 0 Å². The fraction of sp³-hybridized carbons (Fsp3) is 0.0625. The lowest BCUT2D eigenvalue weighted by Gasteiger charge is -2.07. The fourth-order valence-corrected chi connectivity index (χ4v) is 2.38. The van der Waals surface area contributed by atoms with Crippen molar-refractivity contribution in [2.24, 2.45) is 0 Å². The van der Waals surface area contributed by atoms with Crippen LogP contribution >= 0.6 is 15.9 Å². The van der Waals surface area contributed by atoms with Gasteiger partial charge in [-0.15, -0.1) is 10.2 Å². The lowest BCUT2D eigenvalue weighted by Crippen LogP contribution is -2.14. The van der Waals surface area contributed by atoms with Crippen molar-refractivity contribution in [3.05, 3.63) is 64.3 Å². The number of aromatic amines is 1. The Morgan fingerprint density at radius 2 is 1.83 bits per heavy atom. The Kier molecular flexibility index (Phi) is 4.38. The first-order valence-corrected chi connectivity index (χ1v) is 7.73. The zero-order valence-corrected chi connectivity index (χ0v) is 13.9. The van der Waals surface area contributed by atoms with Gasteiger partial charge in [-0.25, -0.2) is 0 Å². The molecule has 3 rings (SSSR count). The molecule has 1 heterocycles. The van der Waals surface area contributed by atoms with Gasteiger partial charge in [0.25, 0.3) is 5.91 Å². The summed E-state index contributed by atoms with van der Waals surface area (Å²) in [6, 6.07) is 15.2. The van der Waals surface area contributed by atoms with Crippen LogP contribution in [0, 0.1) is 6.92 Å². The molecular weight excluding hydrogens is 358 g/mol. The van der Waals surface area contributed by atoms with E-state index in [1.165, 1.54) is 0 Å². The van der Waals surface area contributed by atoms with Gasteiger partial charge in [-0.05, 0) is 47.1 Å². The summed E-state index contributed by atoms with van der Waals surface area (Å²) in [6.45, 7) is 2.01. The minimum Gasteiger partial charge on any atom is -0.337 e. The number of nitrogens with zero attached hydrogens (tertiary/aromatic N) is 2. The highest BCUT2D eigenvalue weighted by Gasteiger charge is 2.17. The van der Waals surface area contributed by atoms with Gasteiger partial charge >= 0.3 is 0 Å². The highest BCUT2D eigenvalue weighted by Crippen LogP contribution is 2.23. The van der Waals surface area contributed by atoms with E-state index in [-0.39, 0.29) is 11.6 Å². The lowest BCUT2D eigenvalue weighted by molar-refractivity contribution is 0.102. The van der Waals surface area contributed by atoms with E-state index < -0.39 is 0 Å². The van der Waals surface area contributed by atoms with Crippen molar-refractivity contribution in [1.82, 2.24) is 15.4 Å². The maximum atomic E-state index is 12.4. The Bertz CT molecular complexity index is 828. The van der Waals surface area contributed by atoms with Crippen LogP contribution in [-0.2, 0) is 0 Å². The first-order valence-electron chi connectivity index (χ1n) is 6.94. The average Bonchev–Trinajstić information content (AvgIpc) is 3.00. The Balaban J connectivity index is 1.79. The minimum absolute atomic E-state index is 0.196. The second kappa shape index (κ2) is 6.62. The number of aryl methyl sites for hydroxylation is 1. The third-order valence-electron chi connectivity index (χ3n) is 3.20. The lowest BCUT2D eigenvalue weighted by atomic mass is 10.2. The van der Waals surface area contributed by atoms with E-state index in [0.717, 1.165) is 15.7 Å². The van der Waals surface area contributed by atoms with Crippen molar-refractivity contribution in [2.45, 2.75) is 6.92 Å². The zero-order chi connectivity index (χ0) is 16.2. The van der Waals surface area contributed by atoms with E-state index in [1.54, 1.807) is 6.07 Å². The molecule has 0 fully saturated rings. The average molecular weight is 372 g/mol. The van der Waals surface area contributed by atoms with Crippen LogP contribution in [0.3, 0.4) is 0 Å². The van der Waals surface area contributed by atoms with Crippen molar-refractivity contribution < 1.29 is 4.79 Å². The number of halogens is 1. The third kappa shape index (κ3) is 3.57. The van der Waals surface area contributed by atoms with Crippen LogP contribution in [0.25, 0.3) is 0 Å². The zero-order valence-electron chi connectivity index (χ0n) is 12.3. The van der Waals surface area contributed by atoms with E-state index in [1.807, 2.05) is 49.4 Å². The van der Waals surface area contributed by atoms with E-state index in [2.05, 4.69) is 42.0 Å². The van der Waals surface area contributed by atoms with Crippen LogP contribution < -0.4 is 10.6 Å². The summed E-state index contributed by atoms with van der Waals surface area (Å²) >= 11 is 3.39. The fourth-order valence-electron chi connectivity index (χ4n) is 1.99. The molecule has 0 aliphatic heterocycles. The van der Waals surface area contributed by atoms with Gasteiger partial charge < -0.3 is 10.6 Å². The Morgan fingerprint density at radius 3 is 2.57 bits per heavy atom. The van der Waals surface area contributed by atoms with Crippen LogP contribution in [0.1, 0.15) is 16.1 Å². The van der Waals surface area contributed by atoms with Gasteiger partial charge in [0, 0.05) is 10.2 Å². The predicted octanol–water partition coefficient (Wildman–Crippen LogP) is 3.87. The van der Waals surface area contributed by atoms with Crippen molar-refractivity contribution in [3.63, 3.8) is 0 Å². The molecule has 0 unspecified atom stereocenters. The quantitative estimate of drug-likeness (QED) is 0.649. The number of hydrogen-bond acceptors (Lipinski definition) is 4. The molecule has 0 saturated carbocycles. The minimum atomic E-state index is -0.347. The third-order valence-corrected chi connectivity index (χ3v) is 3.89. The first-order chi connectivity index (χ1) is 11.1. The molecule has 3 N–H and O–H groups in total. The predicted molar refractivity (Wildman–Crippen MR) is 92.9 cm³/mol. The number of carbonyl (C=O) groups is 1. The SMILES string of the molecule is Cc1ccc(Nc2n[nH]nc2C(=O)Nc2ccccc2Br)cc1. The van der Waals surface area contributed by atoms with E-state index in [4.69, 9.17) is 0 Å². The summed E-state index contributed by atoms with van der Waals surface area (Å²) in [6.07, 6.45) is 0. The normalized spacial score (nSPS) is 10.3. The molecule has 0 bridgehead atoms. The molecule has 23 heavy (non-hydrogen) atoms. The molecule has 0 aliphatic rings. The number of benzene rings is 2. The number of carbonyl (C=O) groups excluding carboxylic acids is 1. The molecule has 6 nitrogen and oxygen atoms in total. The molecule has 1 amide bonds. The molecule has 0 atom stereocenters. The number of rotatable bonds is 4. The molecule has 2 aromatic carbocycles. The van der Waals surface area contributed by atoms with Gasteiger partial charge in [0.05, 0.1) is 5.69 Å². The smallest absolute Gasteiger partial charge is 0.280 e. The Morgan fingerprint density at radius 1 is 1.09 bits per heavy atom. The summed E-state index contributed by atoms with van der Waals surface area (Å²) in [5, 5.41) is 16.3. The summed E-state index contributed by atoms with van der Waals surface area (Å²) < 4.78 is 0.796. The van der Waals surface area contributed by atoms with E-state index >= 15 is 0 Å². The Labute approximate surface area is 141 Å². The van der Waals surface area contributed by atoms with E-state index in [9.17, 15) is 4.79 Å². The standard InChI is InChI=1S/C16H14BrN5O/c1-10-6-8-11(9-7-10)18-15-14(20-22-21-15)16(23)19-13-5-3-2-4-12(13)17/h2-9H,1H3,(H,19,23)(H2,18,20,21,22). The highest BCUT2D eigenvalue weighted by atomic mass is 79.9. The van der Waals surface area contributed by atoms with Crippen molar-refractivity contribution in [1.29, 1.82) is 0 Å². The number of amides is 1. The number of anilines is 3. The van der Waals surface area contributed by atoms with Gasteiger partial charge in [-0.3, -0.25) is 4.79 Å². The van der Waals surface area contributed by atoms with Crippen molar-refractivity contribution in [2.75, 3.05) is 10.6 Å². The van der Waals surface area contributed by atoms with Crippen LogP contribution in [-0.4, -0.2) is 21.3 Å². The number of aromatic nitrogens is 3. The van der Waals surface area contributed by atoms with Gasteiger partial charge in [0.2, 0.25) is 0 Å². The maximum absolute atomic E-state index is 12.4. The molecule has 0 radical (unpaired) electrons. The van der Waals surface area contributed by atoms with Gasteiger partial charge in [-0.2, -0.15) is 5.21 Å². The molecule has 7 heteroatoms. The molecule has 116 valence electrons. The Hall–Kier alpha value is -2.67. The largest absolute Gasteiger partial charge is 0.337 e. The highest BCUT2D eigenvalue weighted by molar-refractivity contribution is 9.10. The summed E-state index contributed by atoms with van der Waals surface area (Å²) in [7, 11) is 0. The topological polar surface area (TPSA) is 82.7 Å². The molecule has 1 aromatic heterocycles. The second-order valence-electron chi connectivity index (χ2n) is 4.95. The molecule has 0 spiro atoms. The van der Waals surface area contributed by atoms with Crippen LogP contribution in [0.4, 0.5) is 17.2 Å². The van der Waals surface area contributed by atoms with Gasteiger partial charge in [-0.1, -0.05) is 29.8 Å². The number of hydrogen-bond donors (Lipinski definition) is 3. The summed E-state index contributed by atoms with van der Waals surface area (Å²) in [5.74, 6) is 0.0265. The van der Waals surface area contributed by atoms with Crippen LogP contribution in [0.2, 0.25) is 0 Å². The molecular formula is C16H14BrN5O. The summed E-state index contributed by atoms with van der Waals surface area (Å²) in [5.41, 5.74) is 2.85. The van der Waals surface area contributed by atoms with Crippen molar-refractivity contribution in [3.8, 4) is 0 Å². The van der Waals surface area contributed by atoms with Gasteiger partial charge in [0.15, 0.2) is 11.5 Å². The molecule has 0 aliphatic carbocycles. The second-order valence-corrected chi connectivity index (χ2v) is 5.80. The monoisotopic (exact) mass is 371 g/mol. The van der Waals surface area contributed by atoms with E-state index in [0.29, 0.717) is 11.5 Å². The van der Waals surface area contributed by atoms with Crippen molar-refractivity contribution >= 4 is 39.0 Å². The first kappa shape index (κ1) is 15.2. The number of nitrogens with one attached hydrogen (secondary N) is 3. The maximum Gasteiger partial charge on any atom is 0.280 e. The van der Waals surface area contributed by atoms with Gasteiger partial charge in [0.1, 0.15) is 0 Å².